The zero-order valence-corrected chi connectivity index (χ0v) is 11.0. The SMILES string of the molecule is C/C=C(\C)CN1CCn2cc(C(=O)NO)cc2C1=O. The Labute approximate surface area is 111 Å². The highest BCUT2D eigenvalue weighted by Gasteiger charge is 2.26. The zero-order chi connectivity index (χ0) is 14.0. The molecule has 1 aromatic heterocycles. The van der Waals surface area contributed by atoms with Crippen molar-refractivity contribution in [3.8, 4) is 0 Å². The van der Waals surface area contributed by atoms with E-state index in [4.69, 9.17) is 5.21 Å². The third-order valence-corrected chi connectivity index (χ3v) is 3.31. The van der Waals surface area contributed by atoms with Gasteiger partial charge in [-0.1, -0.05) is 11.6 Å². The van der Waals surface area contributed by atoms with Crippen molar-refractivity contribution in [2.45, 2.75) is 20.4 Å². The second-order valence-corrected chi connectivity index (χ2v) is 4.61. The van der Waals surface area contributed by atoms with Crippen LogP contribution in [0.2, 0.25) is 0 Å². The van der Waals surface area contributed by atoms with Gasteiger partial charge >= 0.3 is 0 Å². The lowest BCUT2D eigenvalue weighted by molar-refractivity contribution is 0.0705. The molecule has 6 heteroatoms. The summed E-state index contributed by atoms with van der Waals surface area (Å²) < 4.78 is 1.74. The highest BCUT2D eigenvalue weighted by molar-refractivity contribution is 5.99. The molecule has 0 unspecified atom stereocenters. The fourth-order valence-electron chi connectivity index (χ4n) is 2.10. The van der Waals surface area contributed by atoms with Gasteiger partial charge in [-0.05, 0) is 19.9 Å². The summed E-state index contributed by atoms with van der Waals surface area (Å²) in [6.45, 7) is 5.78. The number of allylic oxidation sites excluding steroid dienone is 1. The number of aromatic nitrogens is 1. The molecule has 1 aromatic rings. The smallest absolute Gasteiger partial charge is 0.276 e. The van der Waals surface area contributed by atoms with Crippen LogP contribution in [0.1, 0.15) is 34.7 Å². The van der Waals surface area contributed by atoms with Crippen molar-refractivity contribution in [2.75, 3.05) is 13.1 Å². The molecule has 0 radical (unpaired) electrons. The molecule has 2 rings (SSSR count). The first-order valence-electron chi connectivity index (χ1n) is 6.12. The van der Waals surface area contributed by atoms with Gasteiger partial charge in [-0.25, -0.2) is 5.48 Å². The van der Waals surface area contributed by atoms with Gasteiger partial charge in [0, 0.05) is 25.8 Å². The van der Waals surface area contributed by atoms with Crippen molar-refractivity contribution in [2.24, 2.45) is 0 Å². The third-order valence-electron chi connectivity index (χ3n) is 3.31. The van der Waals surface area contributed by atoms with Gasteiger partial charge in [-0.15, -0.1) is 0 Å². The molecule has 102 valence electrons. The molecule has 2 heterocycles. The van der Waals surface area contributed by atoms with Gasteiger partial charge < -0.3 is 9.47 Å². The van der Waals surface area contributed by atoms with E-state index in [2.05, 4.69) is 0 Å². The Bertz CT molecular complexity index is 545. The number of nitrogens with zero attached hydrogens (tertiary/aromatic N) is 2. The van der Waals surface area contributed by atoms with Gasteiger partial charge in [-0.2, -0.15) is 0 Å². The molecule has 6 nitrogen and oxygen atoms in total. The molecule has 0 aromatic carbocycles. The van der Waals surface area contributed by atoms with Crippen LogP contribution in [0, 0.1) is 0 Å². The number of hydroxylamine groups is 1. The van der Waals surface area contributed by atoms with Crippen molar-refractivity contribution < 1.29 is 14.8 Å². The van der Waals surface area contributed by atoms with E-state index in [1.165, 1.54) is 6.07 Å². The number of fused-ring (bicyclic) bond motifs is 1. The van der Waals surface area contributed by atoms with E-state index in [0.717, 1.165) is 5.57 Å². The van der Waals surface area contributed by atoms with Gasteiger partial charge in [0.15, 0.2) is 0 Å². The number of amides is 2. The number of carbonyl (C=O) groups excluding carboxylic acids is 2. The minimum Gasteiger partial charge on any atom is -0.341 e. The Morgan fingerprint density at radius 3 is 2.89 bits per heavy atom. The Hall–Kier alpha value is -2.08. The quantitative estimate of drug-likeness (QED) is 0.486. The van der Waals surface area contributed by atoms with Gasteiger partial charge in [0.05, 0.1) is 5.56 Å². The fraction of sp³-hybridized carbons (Fsp3) is 0.385. The van der Waals surface area contributed by atoms with E-state index in [1.807, 2.05) is 19.9 Å². The summed E-state index contributed by atoms with van der Waals surface area (Å²) in [4.78, 5) is 25.4. The second kappa shape index (κ2) is 5.27. The van der Waals surface area contributed by atoms with Gasteiger partial charge in [0.1, 0.15) is 5.69 Å². The summed E-state index contributed by atoms with van der Waals surface area (Å²) in [6, 6.07) is 1.50. The minimum absolute atomic E-state index is 0.0931. The minimum atomic E-state index is -0.606. The first-order valence-corrected chi connectivity index (χ1v) is 6.12. The molecule has 1 aliphatic heterocycles. The molecular weight excluding hydrogens is 246 g/mol. The van der Waals surface area contributed by atoms with Crippen LogP contribution >= 0.6 is 0 Å². The van der Waals surface area contributed by atoms with Gasteiger partial charge in [-0.3, -0.25) is 14.8 Å². The topological polar surface area (TPSA) is 74.6 Å². The van der Waals surface area contributed by atoms with E-state index in [0.29, 0.717) is 25.3 Å². The summed E-state index contributed by atoms with van der Waals surface area (Å²) in [6.07, 6.45) is 3.56. The average Bonchev–Trinajstić information content (AvgIpc) is 2.85. The molecule has 2 amide bonds. The molecular formula is C13H17N3O3. The lowest BCUT2D eigenvalue weighted by Crippen LogP contribution is -2.40. The monoisotopic (exact) mass is 263 g/mol. The predicted molar refractivity (Wildman–Crippen MR) is 69.0 cm³/mol. The zero-order valence-electron chi connectivity index (χ0n) is 11.0. The lowest BCUT2D eigenvalue weighted by atomic mass is 10.2. The number of rotatable bonds is 3. The molecule has 0 aliphatic carbocycles. The number of hydrogen-bond donors (Lipinski definition) is 2. The standard InChI is InChI=1S/C13H17N3O3/c1-3-9(2)7-16-5-4-15-8-10(12(17)14-19)6-11(15)13(16)18/h3,6,8,19H,4-5,7H2,1-2H3,(H,14,17)/b9-3+. The highest BCUT2D eigenvalue weighted by Crippen LogP contribution is 2.17. The maximum atomic E-state index is 12.3. The normalized spacial score (nSPS) is 15.4. The lowest BCUT2D eigenvalue weighted by Gasteiger charge is -2.28. The molecule has 2 N–H and O–H groups in total. The van der Waals surface area contributed by atoms with Crippen LogP contribution in [-0.4, -0.2) is 39.6 Å². The van der Waals surface area contributed by atoms with Crippen LogP contribution in [0.5, 0.6) is 0 Å². The van der Waals surface area contributed by atoms with Gasteiger partial charge in [0.2, 0.25) is 0 Å². The van der Waals surface area contributed by atoms with Crippen molar-refractivity contribution in [3.63, 3.8) is 0 Å². The largest absolute Gasteiger partial charge is 0.341 e. The number of nitrogens with one attached hydrogen (secondary N) is 1. The van der Waals surface area contributed by atoms with E-state index in [1.54, 1.807) is 21.1 Å². The molecule has 0 fully saturated rings. The first-order chi connectivity index (χ1) is 9.06. The molecule has 1 aliphatic rings. The molecule has 0 saturated heterocycles. The molecule has 19 heavy (non-hydrogen) atoms. The third kappa shape index (κ3) is 2.53. The van der Waals surface area contributed by atoms with Crippen molar-refractivity contribution in [1.29, 1.82) is 0 Å². The number of hydrogen-bond acceptors (Lipinski definition) is 3. The van der Waals surface area contributed by atoms with Crippen LogP contribution in [-0.2, 0) is 6.54 Å². The van der Waals surface area contributed by atoms with E-state index in [-0.39, 0.29) is 11.5 Å². The van der Waals surface area contributed by atoms with Crippen molar-refractivity contribution in [1.82, 2.24) is 14.9 Å². The Morgan fingerprint density at radius 1 is 1.53 bits per heavy atom. The molecule has 0 bridgehead atoms. The Morgan fingerprint density at radius 2 is 2.26 bits per heavy atom. The summed E-state index contributed by atoms with van der Waals surface area (Å²) in [7, 11) is 0. The van der Waals surface area contributed by atoms with Crippen molar-refractivity contribution in [3.05, 3.63) is 35.2 Å². The van der Waals surface area contributed by atoms with Crippen LogP contribution in [0.3, 0.4) is 0 Å². The Balaban J connectivity index is 2.23. The summed E-state index contributed by atoms with van der Waals surface area (Å²) in [5.41, 5.74) is 3.47. The Kier molecular flexibility index (Phi) is 3.71. The van der Waals surface area contributed by atoms with Crippen LogP contribution < -0.4 is 5.48 Å². The van der Waals surface area contributed by atoms with Crippen molar-refractivity contribution >= 4 is 11.8 Å². The molecule has 0 saturated carbocycles. The highest BCUT2D eigenvalue weighted by atomic mass is 16.5. The molecule has 0 spiro atoms. The first kappa shape index (κ1) is 13.4. The summed E-state index contributed by atoms with van der Waals surface area (Å²) in [5, 5.41) is 8.61. The van der Waals surface area contributed by atoms with Crippen LogP contribution in [0.4, 0.5) is 0 Å². The van der Waals surface area contributed by atoms with E-state index < -0.39 is 5.91 Å². The number of carbonyl (C=O) groups is 2. The van der Waals surface area contributed by atoms with Gasteiger partial charge in [0.25, 0.3) is 11.8 Å². The van der Waals surface area contributed by atoms with E-state index in [9.17, 15) is 9.59 Å². The summed E-state index contributed by atoms with van der Waals surface area (Å²) >= 11 is 0. The van der Waals surface area contributed by atoms with Crippen LogP contribution in [0.25, 0.3) is 0 Å². The maximum Gasteiger partial charge on any atom is 0.276 e. The second-order valence-electron chi connectivity index (χ2n) is 4.61. The fourth-order valence-corrected chi connectivity index (χ4v) is 2.10. The van der Waals surface area contributed by atoms with E-state index >= 15 is 0 Å². The van der Waals surface area contributed by atoms with Crippen LogP contribution in [0.15, 0.2) is 23.9 Å². The molecule has 0 atom stereocenters. The predicted octanol–water partition coefficient (Wildman–Crippen LogP) is 1.03. The maximum absolute atomic E-state index is 12.3. The summed E-state index contributed by atoms with van der Waals surface area (Å²) in [5.74, 6) is -0.699. The average molecular weight is 263 g/mol.